The third-order valence-electron chi connectivity index (χ3n) is 10.6. The van der Waals surface area contributed by atoms with E-state index in [9.17, 15) is 33.6 Å². The fourth-order valence-corrected chi connectivity index (χ4v) is 6.93. The SMILES string of the molecule is CCCCCc1cc2c(CCCCCNC(=O)OCc3ccc(NC(=O)C(C)NC(=O)[C@@H](NC(=O)CCCCCC(=O)ON4C(=O)CCC4=O)C(C)C)cc3)cccc2nc1N. The fourth-order valence-electron chi connectivity index (χ4n) is 6.93. The van der Waals surface area contributed by atoms with Crippen LogP contribution in [0.5, 0.6) is 0 Å². The average molecular weight is 858 g/mol. The van der Waals surface area contributed by atoms with Crippen LogP contribution in [0.25, 0.3) is 10.9 Å². The van der Waals surface area contributed by atoms with Crippen LogP contribution >= 0.6 is 0 Å². The lowest BCUT2D eigenvalue weighted by Crippen LogP contribution is -2.53. The van der Waals surface area contributed by atoms with Crippen LogP contribution in [-0.2, 0) is 57.8 Å². The number of fused-ring (bicyclic) bond motifs is 1. The molecule has 1 fully saturated rings. The number of nitrogens with one attached hydrogen (secondary N) is 4. The van der Waals surface area contributed by atoms with E-state index in [1.165, 1.54) is 18.9 Å². The highest BCUT2D eigenvalue weighted by Crippen LogP contribution is 2.25. The number of unbranched alkanes of at least 4 members (excludes halogenated alkanes) is 6. The summed E-state index contributed by atoms with van der Waals surface area (Å²) < 4.78 is 5.38. The van der Waals surface area contributed by atoms with Crippen molar-refractivity contribution >= 4 is 64.0 Å². The molecule has 0 saturated carbocycles. The van der Waals surface area contributed by atoms with Gasteiger partial charge in [-0.05, 0) is 98.7 Å². The fraction of sp³-hybridized carbons (Fsp3) is 0.522. The van der Waals surface area contributed by atoms with E-state index in [0.717, 1.165) is 67.0 Å². The van der Waals surface area contributed by atoms with E-state index in [4.69, 9.17) is 15.3 Å². The van der Waals surface area contributed by atoms with E-state index in [1.807, 2.05) is 12.1 Å². The molecule has 1 unspecified atom stereocenters. The number of nitrogens with zero attached hydrogens (tertiary/aromatic N) is 2. The number of aromatic nitrogens is 1. The normalized spacial score (nSPS) is 13.5. The summed E-state index contributed by atoms with van der Waals surface area (Å²) in [6.45, 7) is 7.83. The molecule has 0 spiro atoms. The number of carbonyl (C=O) groups excluding carboxylic acids is 7. The van der Waals surface area contributed by atoms with Crippen LogP contribution in [0.4, 0.5) is 16.3 Å². The van der Waals surface area contributed by atoms with Crippen LogP contribution in [0, 0.1) is 5.92 Å². The van der Waals surface area contributed by atoms with Crippen molar-refractivity contribution in [3.63, 3.8) is 0 Å². The standard InChI is InChI=1S/C46H63N7O9/c1-5-6-9-16-34-28-36-33(17-14-18-37(36)51-43(34)47)15-10-8-13-27-48-46(60)61-29-32-21-23-35(24-22-32)50-44(58)31(4)49-45(59)42(30(2)3)52-38(54)19-11-7-12-20-41(57)62-53-39(55)25-26-40(53)56/h14,17-18,21-24,28,30-31,42H,5-13,15-16,19-20,25-27,29H2,1-4H3,(H2,47,51)(H,48,60)(H,49,59)(H,50,58)(H,52,54)/t31?,42-/m0/s1. The van der Waals surface area contributed by atoms with Gasteiger partial charge < -0.3 is 36.6 Å². The van der Waals surface area contributed by atoms with Gasteiger partial charge in [0.05, 0.1) is 5.52 Å². The molecular formula is C46H63N7O9. The average Bonchev–Trinajstić information content (AvgIpc) is 3.55. The maximum Gasteiger partial charge on any atom is 0.407 e. The number of carbonyl (C=O) groups is 7. The number of hydrogen-bond donors (Lipinski definition) is 5. The Morgan fingerprint density at radius 2 is 1.47 bits per heavy atom. The molecule has 1 saturated heterocycles. The van der Waals surface area contributed by atoms with Crippen LogP contribution in [-0.4, -0.2) is 70.3 Å². The van der Waals surface area contributed by atoms with Gasteiger partial charge in [0.25, 0.3) is 11.8 Å². The Bertz CT molecular complexity index is 2010. The van der Waals surface area contributed by atoms with Crippen molar-refractivity contribution in [1.82, 2.24) is 26.0 Å². The number of alkyl carbamates (subject to hydrolysis) is 1. The maximum atomic E-state index is 13.1. The number of pyridine rings is 1. The number of benzene rings is 2. The van der Waals surface area contributed by atoms with Crippen molar-refractivity contribution in [3.8, 4) is 0 Å². The monoisotopic (exact) mass is 857 g/mol. The van der Waals surface area contributed by atoms with Crippen molar-refractivity contribution in [2.45, 2.75) is 143 Å². The topological polar surface area (TPSA) is 228 Å². The summed E-state index contributed by atoms with van der Waals surface area (Å²) in [4.78, 5) is 95.7. The van der Waals surface area contributed by atoms with Gasteiger partial charge in [0.1, 0.15) is 24.5 Å². The van der Waals surface area contributed by atoms with Crippen LogP contribution in [0.3, 0.4) is 0 Å². The number of amides is 6. The molecule has 0 radical (unpaired) electrons. The third-order valence-corrected chi connectivity index (χ3v) is 10.6. The second-order valence-corrected chi connectivity index (χ2v) is 16.1. The number of hydroxylamine groups is 2. The first-order chi connectivity index (χ1) is 29.7. The number of anilines is 2. The molecule has 0 aliphatic carbocycles. The van der Waals surface area contributed by atoms with Gasteiger partial charge >= 0.3 is 12.1 Å². The third kappa shape index (κ3) is 15.8. The van der Waals surface area contributed by atoms with Crippen LogP contribution in [0.15, 0.2) is 48.5 Å². The minimum absolute atomic E-state index is 0.0149. The number of aryl methyl sites for hydroxylation is 2. The van der Waals surface area contributed by atoms with E-state index in [0.29, 0.717) is 42.4 Å². The minimum Gasteiger partial charge on any atom is -0.445 e. The molecule has 0 bridgehead atoms. The summed E-state index contributed by atoms with van der Waals surface area (Å²) in [6.07, 6.45) is 8.96. The van der Waals surface area contributed by atoms with Crippen LogP contribution in [0.1, 0.15) is 128 Å². The summed E-state index contributed by atoms with van der Waals surface area (Å²) in [6, 6.07) is 13.4. The zero-order chi connectivity index (χ0) is 45.0. The summed E-state index contributed by atoms with van der Waals surface area (Å²) in [5, 5.41) is 12.6. The lowest BCUT2D eigenvalue weighted by atomic mass is 9.99. The zero-order valence-electron chi connectivity index (χ0n) is 36.5. The predicted molar refractivity (Wildman–Crippen MR) is 235 cm³/mol. The number of nitrogen functional groups attached to an aromatic ring is 1. The Morgan fingerprint density at radius 1 is 0.790 bits per heavy atom. The van der Waals surface area contributed by atoms with E-state index in [-0.39, 0.29) is 44.1 Å². The summed E-state index contributed by atoms with van der Waals surface area (Å²) in [5.41, 5.74) is 10.7. The van der Waals surface area contributed by atoms with Crippen molar-refractivity contribution in [2.75, 3.05) is 17.6 Å². The molecule has 6 amide bonds. The van der Waals surface area contributed by atoms with Gasteiger partial charge in [-0.1, -0.05) is 70.7 Å². The van der Waals surface area contributed by atoms with E-state index < -0.39 is 47.8 Å². The van der Waals surface area contributed by atoms with Crippen molar-refractivity contribution < 1.29 is 43.1 Å². The lowest BCUT2D eigenvalue weighted by Gasteiger charge is -2.24. The molecule has 1 aromatic heterocycles. The molecule has 62 heavy (non-hydrogen) atoms. The Kier molecular flexibility index (Phi) is 19.6. The second kappa shape index (κ2) is 25.0. The molecule has 1 aliphatic rings. The van der Waals surface area contributed by atoms with Gasteiger partial charge in [0.15, 0.2) is 0 Å². The molecule has 6 N–H and O–H groups in total. The minimum atomic E-state index is -0.915. The highest BCUT2D eigenvalue weighted by molar-refractivity contribution is 6.01. The van der Waals surface area contributed by atoms with Crippen LogP contribution in [0.2, 0.25) is 0 Å². The van der Waals surface area contributed by atoms with Gasteiger partial charge in [-0.3, -0.25) is 24.0 Å². The molecule has 2 atom stereocenters. The van der Waals surface area contributed by atoms with Gasteiger partial charge in [-0.2, -0.15) is 0 Å². The molecule has 2 aromatic carbocycles. The van der Waals surface area contributed by atoms with Crippen molar-refractivity contribution in [2.24, 2.45) is 5.92 Å². The molecular weight excluding hydrogens is 795 g/mol. The molecule has 3 aromatic rings. The number of ether oxygens (including phenoxy) is 1. The van der Waals surface area contributed by atoms with Crippen molar-refractivity contribution in [3.05, 3.63) is 65.2 Å². The molecule has 1 aliphatic heterocycles. The van der Waals surface area contributed by atoms with E-state index in [2.05, 4.69) is 45.3 Å². The number of imide groups is 1. The first-order valence-electron chi connectivity index (χ1n) is 21.9. The second-order valence-electron chi connectivity index (χ2n) is 16.1. The summed E-state index contributed by atoms with van der Waals surface area (Å²) in [5.74, 6) is -2.75. The van der Waals surface area contributed by atoms with E-state index >= 15 is 0 Å². The zero-order valence-corrected chi connectivity index (χ0v) is 36.5. The lowest BCUT2D eigenvalue weighted by molar-refractivity contribution is -0.197. The van der Waals surface area contributed by atoms with Gasteiger partial charge in [-0.25, -0.2) is 14.6 Å². The maximum absolute atomic E-state index is 13.1. The van der Waals surface area contributed by atoms with E-state index in [1.54, 1.807) is 38.1 Å². The number of hydrogen-bond acceptors (Lipinski definition) is 11. The Labute approximate surface area is 363 Å². The van der Waals surface area contributed by atoms with Crippen molar-refractivity contribution in [1.29, 1.82) is 0 Å². The Morgan fingerprint density at radius 3 is 2.18 bits per heavy atom. The van der Waals surface area contributed by atoms with Gasteiger partial charge in [0.2, 0.25) is 17.7 Å². The largest absolute Gasteiger partial charge is 0.445 e. The number of nitrogens with two attached hydrogens (primary N) is 1. The predicted octanol–water partition coefficient (Wildman–Crippen LogP) is 6.33. The van der Waals surface area contributed by atoms with Crippen LogP contribution < -0.4 is 27.0 Å². The summed E-state index contributed by atoms with van der Waals surface area (Å²) in [7, 11) is 0. The smallest absolute Gasteiger partial charge is 0.407 e. The Balaban J connectivity index is 1.08. The first kappa shape index (κ1) is 48.6. The quantitative estimate of drug-likeness (QED) is 0.0467. The first-order valence-corrected chi connectivity index (χ1v) is 21.9. The molecule has 4 rings (SSSR count). The molecule has 336 valence electrons. The highest BCUT2D eigenvalue weighted by Gasteiger charge is 2.32. The molecule has 16 nitrogen and oxygen atoms in total. The molecule has 16 heteroatoms. The highest BCUT2D eigenvalue weighted by atomic mass is 16.7. The number of rotatable bonds is 25. The summed E-state index contributed by atoms with van der Waals surface area (Å²) >= 11 is 0. The Hall–Kier alpha value is -6.06. The molecule has 2 heterocycles. The van der Waals surface area contributed by atoms with Gasteiger partial charge in [0, 0.05) is 43.3 Å². The van der Waals surface area contributed by atoms with Gasteiger partial charge in [-0.15, -0.1) is 5.06 Å².